The minimum atomic E-state index is -4.65. The molecule has 3 aromatic rings. The first-order valence-corrected chi connectivity index (χ1v) is 11.1. The Morgan fingerprint density at radius 1 is 0.972 bits per heavy atom. The number of alkyl halides is 3. The summed E-state index contributed by atoms with van der Waals surface area (Å²) in [5, 5.41) is 2.23. The number of ether oxygens (including phenoxy) is 1. The summed E-state index contributed by atoms with van der Waals surface area (Å²) in [5.74, 6) is -2.06. The fourth-order valence-corrected chi connectivity index (χ4v) is 3.71. The van der Waals surface area contributed by atoms with Crippen LogP contribution in [0, 0.1) is 0 Å². The molecule has 0 radical (unpaired) electrons. The summed E-state index contributed by atoms with van der Waals surface area (Å²) in [6.07, 6.45) is -3.86. The van der Waals surface area contributed by atoms with Gasteiger partial charge in [-0.05, 0) is 66.6 Å². The van der Waals surface area contributed by atoms with Crippen LogP contribution in [0.2, 0.25) is 0 Å². The van der Waals surface area contributed by atoms with Crippen LogP contribution in [0.15, 0.2) is 83.5 Å². The number of esters is 1. The maximum absolute atomic E-state index is 13.1. The van der Waals surface area contributed by atoms with E-state index in [9.17, 15) is 27.6 Å². The fourth-order valence-electron chi connectivity index (χ4n) is 3.50. The van der Waals surface area contributed by atoms with Gasteiger partial charge >= 0.3 is 12.1 Å². The monoisotopic (exact) mass is 514 g/mol. The van der Waals surface area contributed by atoms with Crippen molar-refractivity contribution in [3.8, 4) is 5.75 Å². The molecule has 4 rings (SSSR count). The number of nitrogens with zero attached hydrogens (tertiary/aromatic N) is 1. The van der Waals surface area contributed by atoms with Crippen molar-refractivity contribution in [2.45, 2.75) is 19.5 Å². The van der Waals surface area contributed by atoms with Crippen molar-refractivity contribution in [1.29, 1.82) is 0 Å². The molecule has 0 fully saturated rings. The van der Waals surface area contributed by atoms with Crippen LogP contribution in [0.1, 0.15) is 28.4 Å². The lowest BCUT2D eigenvalue weighted by atomic mass is 10.1. The van der Waals surface area contributed by atoms with Gasteiger partial charge in [0.05, 0.1) is 16.8 Å². The van der Waals surface area contributed by atoms with Crippen LogP contribution >= 0.6 is 11.6 Å². The molecular weight excluding hydrogens is 497 g/mol. The molecule has 184 valence electrons. The maximum atomic E-state index is 13.1. The molecule has 0 bridgehead atoms. The molecule has 36 heavy (non-hydrogen) atoms. The van der Waals surface area contributed by atoms with Gasteiger partial charge < -0.3 is 10.1 Å². The van der Waals surface area contributed by atoms with Crippen molar-refractivity contribution in [1.82, 2.24) is 0 Å². The molecule has 0 saturated heterocycles. The Kier molecular flexibility index (Phi) is 6.85. The number of halogens is 4. The standard InChI is InChI=1S/C26H18ClF3N2O4/c1-2-15-5-3-8-20(13-15)36-25(35)16-9-11-18(12-10-16)31-22-21(27)23(33)32(24(22)34)19-7-4-6-17(14-19)26(28,29)30/h3-14,31H,2H2,1H3. The van der Waals surface area contributed by atoms with Gasteiger partial charge in [0.2, 0.25) is 0 Å². The van der Waals surface area contributed by atoms with Gasteiger partial charge in [0, 0.05) is 5.69 Å². The molecule has 3 aromatic carbocycles. The van der Waals surface area contributed by atoms with E-state index in [2.05, 4.69) is 5.32 Å². The predicted octanol–water partition coefficient (Wildman–Crippen LogP) is 5.92. The van der Waals surface area contributed by atoms with Crippen LogP contribution in [-0.2, 0) is 22.2 Å². The summed E-state index contributed by atoms with van der Waals surface area (Å²) >= 11 is 6.05. The molecule has 0 saturated carbocycles. The van der Waals surface area contributed by atoms with Crippen molar-refractivity contribution in [3.63, 3.8) is 0 Å². The van der Waals surface area contributed by atoms with E-state index in [1.165, 1.54) is 30.3 Å². The third-order valence-electron chi connectivity index (χ3n) is 5.37. The van der Waals surface area contributed by atoms with Crippen LogP contribution in [-0.4, -0.2) is 17.8 Å². The van der Waals surface area contributed by atoms with E-state index in [-0.39, 0.29) is 16.9 Å². The highest BCUT2D eigenvalue weighted by molar-refractivity contribution is 6.53. The molecule has 1 heterocycles. The zero-order valence-corrected chi connectivity index (χ0v) is 19.5. The lowest BCUT2D eigenvalue weighted by Gasteiger charge is -2.17. The van der Waals surface area contributed by atoms with Gasteiger partial charge in [-0.2, -0.15) is 13.2 Å². The number of rotatable bonds is 6. The van der Waals surface area contributed by atoms with Crippen molar-refractivity contribution in [3.05, 3.63) is 100 Å². The Morgan fingerprint density at radius 2 is 1.67 bits per heavy atom. The first kappa shape index (κ1) is 25.0. The average molecular weight is 515 g/mol. The van der Waals surface area contributed by atoms with Crippen LogP contribution in [0.5, 0.6) is 5.75 Å². The third-order valence-corrected chi connectivity index (χ3v) is 5.72. The van der Waals surface area contributed by atoms with E-state index in [1.54, 1.807) is 18.2 Å². The number of imide groups is 1. The lowest BCUT2D eigenvalue weighted by Crippen LogP contribution is -2.32. The van der Waals surface area contributed by atoms with Gasteiger partial charge in [-0.15, -0.1) is 0 Å². The number of benzene rings is 3. The van der Waals surface area contributed by atoms with Crippen LogP contribution in [0.3, 0.4) is 0 Å². The number of amides is 2. The highest BCUT2D eigenvalue weighted by atomic mass is 35.5. The molecule has 0 unspecified atom stereocenters. The molecule has 1 N–H and O–H groups in total. The number of hydrogen-bond acceptors (Lipinski definition) is 5. The minimum Gasteiger partial charge on any atom is -0.423 e. The molecule has 1 aliphatic rings. The van der Waals surface area contributed by atoms with Crippen molar-refractivity contribution in [2.75, 3.05) is 10.2 Å². The molecule has 0 aliphatic carbocycles. The Bertz CT molecular complexity index is 1380. The van der Waals surface area contributed by atoms with Crippen LogP contribution in [0.25, 0.3) is 0 Å². The molecule has 0 atom stereocenters. The van der Waals surface area contributed by atoms with E-state index in [1.807, 2.05) is 13.0 Å². The molecule has 6 nitrogen and oxygen atoms in total. The highest BCUT2D eigenvalue weighted by Crippen LogP contribution is 2.35. The number of aryl methyl sites for hydroxylation is 1. The molecule has 2 amide bonds. The van der Waals surface area contributed by atoms with Crippen LogP contribution in [0.4, 0.5) is 24.5 Å². The average Bonchev–Trinajstić information content (AvgIpc) is 3.07. The zero-order valence-electron chi connectivity index (χ0n) is 18.7. The fraction of sp³-hybridized carbons (Fsp3) is 0.115. The van der Waals surface area contributed by atoms with Crippen molar-refractivity contribution in [2.24, 2.45) is 0 Å². The van der Waals surface area contributed by atoms with Gasteiger partial charge in [0.15, 0.2) is 0 Å². The second-order valence-electron chi connectivity index (χ2n) is 7.78. The summed E-state index contributed by atoms with van der Waals surface area (Å²) in [7, 11) is 0. The number of anilines is 2. The largest absolute Gasteiger partial charge is 0.423 e. The summed E-state index contributed by atoms with van der Waals surface area (Å²) in [6.45, 7) is 1.98. The first-order valence-electron chi connectivity index (χ1n) is 10.7. The van der Waals surface area contributed by atoms with Gasteiger partial charge in [-0.25, -0.2) is 9.69 Å². The summed E-state index contributed by atoms with van der Waals surface area (Å²) in [6, 6.07) is 16.8. The van der Waals surface area contributed by atoms with E-state index < -0.39 is 34.6 Å². The summed E-state index contributed by atoms with van der Waals surface area (Å²) < 4.78 is 44.6. The summed E-state index contributed by atoms with van der Waals surface area (Å²) in [5.41, 5.74) is -0.00514. The van der Waals surface area contributed by atoms with Crippen molar-refractivity contribution >= 4 is 40.8 Å². The number of carbonyl (C=O) groups excluding carboxylic acids is 3. The molecule has 10 heteroatoms. The Morgan fingerprint density at radius 3 is 2.33 bits per heavy atom. The first-order chi connectivity index (χ1) is 17.1. The normalized spacial score (nSPS) is 13.9. The number of nitrogens with one attached hydrogen (secondary N) is 1. The molecular formula is C26H18ClF3N2O4. The van der Waals surface area contributed by atoms with Gasteiger partial charge in [-0.1, -0.05) is 36.7 Å². The second-order valence-corrected chi connectivity index (χ2v) is 8.15. The zero-order chi connectivity index (χ0) is 26.0. The summed E-state index contributed by atoms with van der Waals surface area (Å²) in [4.78, 5) is 38.5. The smallest absolute Gasteiger partial charge is 0.416 e. The van der Waals surface area contributed by atoms with E-state index >= 15 is 0 Å². The Labute approximate surface area is 208 Å². The molecule has 1 aliphatic heterocycles. The third kappa shape index (κ3) is 5.11. The number of hydrogen-bond donors (Lipinski definition) is 1. The number of carbonyl (C=O) groups is 3. The SMILES string of the molecule is CCc1cccc(OC(=O)c2ccc(NC3=C(Cl)C(=O)N(c4cccc(C(F)(F)F)c4)C3=O)cc2)c1. The quantitative estimate of drug-likeness (QED) is 0.251. The van der Waals surface area contributed by atoms with E-state index in [4.69, 9.17) is 16.3 Å². The van der Waals surface area contributed by atoms with Crippen LogP contribution < -0.4 is 15.0 Å². The Balaban J connectivity index is 1.49. The molecule has 0 spiro atoms. The van der Waals surface area contributed by atoms with Gasteiger partial charge in [0.25, 0.3) is 11.8 Å². The van der Waals surface area contributed by atoms with Gasteiger partial charge in [0.1, 0.15) is 16.5 Å². The predicted molar refractivity (Wildman–Crippen MR) is 128 cm³/mol. The maximum Gasteiger partial charge on any atom is 0.416 e. The Hall–Kier alpha value is -4.11. The van der Waals surface area contributed by atoms with E-state index in [0.29, 0.717) is 22.4 Å². The second kappa shape index (κ2) is 9.87. The minimum absolute atomic E-state index is 0.238. The topological polar surface area (TPSA) is 75.7 Å². The van der Waals surface area contributed by atoms with Gasteiger partial charge in [-0.3, -0.25) is 9.59 Å². The molecule has 0 aromatic heterocycles. The van der Waals surface area contributed by atoms with E-state index in [0.717, 1.165) is 24.1 Å². The van der Waals surface area contributed by atoms with Crippen molar-refractivity contribution < 1.29 is 32.3 Å². The lowest BCUT2D eigenvalue weighted by molar-refractivity contribution is -0.137. The highest BCUT2D eigenvalue weighted by Gasteiger charge is 2.40.